The van der Waals surface area contributed by atoms with Gasteiger partial charge in [0.15, 0.2) is 0 Å². The summed E-state index contributed by atoms with van der Waals surface area (Å²) in [6.07, 6.45) is -1.42. The van der Waals surface area contributed by atoms with Crippen molar-refractivity contribution in [3.63, 3.8) is 0 Å². The fraction of sp³-hybridized carbons (Fsp3) is 0.455. The van der Waals surface area contributed by atoms with Gasteiger partial charge in [0.1, 0.15) is 18.1 Å². The Bertz CT molecular complexity index is 946. The number of primary amides is 1. The highest BCUT2D eigenvalue weighted by Gasteiger charge is 2.30. The zero-order valence-corrected chi connectivity index (χ0v) is 20.3. The number of hydrogen-bond acceptors (Lipinski definition) is 8. The molecule has 1 aromatic carbocycles. The Kier molecular flexibility index (Phi) is 13.0. The average Bonchev–Trinajstić information content (AvgIpc) is 2.83. The monoisotopic (exact) mass is 525 g/mol. The van der Waals surface area contributed by atoms with E-state index in [4.69, 9.17) is 16.6 Å². The molecule has 0 aliphatic carbocycles. The molecule has 0 saturated heterocycles. The van der Waals surface area contributed by atoms with E-state index in [1.807, 2.05) is 0 Å². The summed E-state index contributed by atoms with van der Waals surface area (Å²) in [6.45, 7) is 0. The number of carboxylic acids is 2. The predicted octanol–water partition coefficient (Wildman–Crippen LogP) is -1.84. The standard InChI is InChI=1S/C22H31N5O8S/c23-13(11-36)19(31)25-15(7-9-18(29)30)20(32)26-14(6-8-17(24)28)21(33)27-16(22(34)35)10-12-4-2-1-3-5-12/h1-5,13-16,36H,6-11,23H2,(H2,24,28)(H,25,31)(H,26,32)(H,27,33)(H,29,30)(H,34,35). The normalized spacial score (nSPS) is 13.9. The van der Waals surface area contributed by atoms with Crippen LogP contribution in [-0.4, -0.2) is 75.7 Å². The van der Waals surface area contributed by atoms with E-state index in [1.54, 1.807) is 30.3 Å². The van der Waals surface area contributed by atoms with Crippen LogP contribution in [0, 0.1) is 0 Å². The second-order valence-electron chi connectivity index (χ2n) is 7.94. The van der Waals surface area contributed by atoms with Gasteiger partial charge in [0.25, 0.3) is 0 Å². The first-order chi connectivity index (χ1) is 16.9. The number of carbonyl (C=O) groups is 6. The van der Waals surface area contributed by atoms with E-state index in [2.05, 4.69) is 28.6 Å². The molecule has 198 valence electrons. The molecule has 0 heterocycles. The molecule has 4 amide bonds. The van der Waals surface area contributed by atoms with Gasteiger partial charge in [-0.15, -0.1) is 0 Å². The molecular weight excluding hydrogens is 494 g/mol. The highest BCUT2D eigenvalue weighted by Crippen LogP contribution is 2.07. The van der Waals surface area contributed by atoms with Gasteiger partial charge >= 0.3 is 11.9 Å². The minimum atomic E-state index is -1.40. The van der Waals surface area contributed by atoms with Crippen LogP contribution in [0.5, 0.6) is 0 Å². The molecule has 0 radical (unpaired) electrons. The SMILES string of the molecule is NC(=O)CCC(NC(=O)C(CCC(=O)O)NC(=O)C(N)CS)C(=O)NC(Cc1ccccc1)C(=O)O. The van der Waals surface area contributed by atoms with Crippen molar-refractivity contribution in [1.82, 2.24) is 16.0 Å². The third-order valence-electron chi connectivity index (χ3n) is 5.02. The van der Waals surface area contributed by atoms with Crippen LogP contribution in [0.1, 0.15) is 31.2 Å². The Labute approximate surface area is 212 Å². The number of carbonyl (C=O) groups excluding carboxylic acids is 4. The van der Waals surface area contributed by atoms with E-state index in [0.717, 1.165) is 0 Å². The number of carboxylic acid groups (broad SMARTS) is 2. The van der Waals surface area contributed by atoms with Gasteiger partial charge in [-0.25, -0.2) is 4.79 Å². The maximum absolute atomic E-state index is 12.9. The molecule has 0 aliphatic rings. The first kappa shape index (κ1) is 30.4. The van der Waals surface area contributed by atoms with Crippen LogP contribution in [0.4, 0.5) is 0 Å². The van der Waals surface area contributed by atoms with Crippen molar-refractivity contribution in [2.45, 2.75) is 56.3 Å². The van der Waals surface area contributed by atoms with Crippen molar-refractivity contribution in [3.8, 4) is 0 Å². The summed E-state index contributed by atoms with van der Waals surface area (Å²) in [6, 6.07) is 3.33. The van der Waals surface area contributed by atoms with E-state index >= 15 is 0 Å². The van der Waals surface area contributed by atoms with Gasteiger partial charge in [-0.3, -0.25) is 24.0 Å². The number of amides is 4. The Hall–Kier alpha value is -3.65. The van der Waals surface area contributed by atoms with Gasteiger partial charge in [0, 0.05) is 25.0 Å². The maximum atomic E-state index is 12.9. The first-order valence-corrected chi connectivity index (χ1v) is 11.6. The fourth-order valence-electron chi connectivity index (χ4n) is 3.05. The number of nitrogens with two attached hydrogens (primary N) is 2. The maximum Gasteiger partial charge on any atom is 0.326 e. The Morgan fingerprint density at radius 2 is 1.31 bits per heavy atom. The van der Waals surface area contributed by atoms with Crippen LogP contribution >= 0.6 is 12.6 Å². The zero-order chi connectivity index (χ0) is 27.3. The zero-order valence-electron chi connectivity index (χ0n) is 19.4. The van der Waals surface area contributed by atoms with Crippen molar-refractivity contribution >= 4 is 48.2 Å². The lowest BCUT2D eigenvalue weighted by Crippen LogP contribution is -2.57. The van der Waals surface area contributed by atoms with Crippen molar-refractivity contribution < 1.29 is 39.0 Å². The number of hydrogen-bond donors (Lipinski definition) is 8. The quantitative estimate of drug-likeness (QED) is 0.113. The molecule has 36 heavy (non-hydrogen) atoms. The molecular formula is C22H31N5O8S. The summed E-state index contributed by atoms with van der Waals surface area (Å²) in [5.74, 6) is -5.94. The minimum Gasteiger partial charge on any atom is -0.481 e. The lowest BCUT2D eigenvalue weighted by Gasteiger charge is -2.25. The second kappa shape index (κ2) is 15.4. The molecule has 4 atom stereocenters. The molecule has 1 rings (SSSR count). The van der Waals surface area contributed by atoms with Gasteiger partial charge in [-0.2, -0.15) is 12.6 Å². The van der Waals surface area contributed by atoms with Crippen LogP contribution in [0.25, 0.3) is 0 Å². The molecule has 1 aromatic rings. The number of benzene rings is 1. The average molecular weight is 526 g/mol. The van der Waals surface area contributed by atoms with E-state index in [1.165, 1.54) is 0 Å². The molecule has 0 aromatic heterocycles. The van der Waals surface area contributed by atoms with Crippen LogP contribution in [0.2, 0.25) is 0 Å². The van der Waals surface area contributed by atoms with Crippen molar-refractivity contribution in [3.05, 3.63) is 35.9 Å². The number of nitrogens with one attached hydrogen (secondary N) is 3. The van der Waals surface area contributed by atoms with Crippen LogP contribution in [-0.2, 0) is 35.2 Å². The van der Waals surface area contributed by atoms with Gasteiger partial charge < -0.3 is 37.6 Å². The highest BCUT2D eigenvalue weighted by molar-refractivity contribution is 7.80. The first-order valence-electron chi connectivity index (χ1n) is 11.0. The molecule has 0 bridgehead atoms. The summed E-state index contributed by atoms with van der Waals surface area (Å²) in [5.41, 5.74) is 11.4. The highest BCUT2D eigenvalue weighted by atomic mass is 32.1. The molecule has 0 fully saturated rings. The molecule has 4 unspecified atom stereocenters. The van der Waals surface area contributed by atoms with Crippen molar-refractivity contribution in [1.29, 1.82) is 0 Å². The van der Waals surface area contributed by atoms with Crippen LogP contribution in [0.15, 0.2) is 30.3 Å². The van der Waals surface area contributed by atoms with E-state index in [0.29, 0.717) is 5.56 Å². The number of thiol groups is 1. The van der Waals surface area contributed by atoms with Gasteiger partial charge in [0.05, 0.1) is 6.04 Å². The van der Waals surface area contributed by atoms with E-state index < -0.39 is 66.2 Å². The van der Waals surface area contributed by atoms with Gasteiger partial charge in [-0.1, -0.05) is 30.3 Å². The fourth-order valence-corrected chi connectivity index (χ4v) is 3.21. The van der Waals surface area contributed by atoms with Gasteiger partial charge in [0.2, 0.25) is 23.6 Å². The molecule has 13 nitrogen and oxygen atoms in total. The Balaban J connectivity index is 3.04. The minimum absolute atomic E-state index is 0.0409. The van der Waals surface area contributed by atoms with Crippen LogP contribution < -0.4 is 27.4 Å². The molecule has 0 aliphatic heterocycles. The van der Waals surface area contributed by atoms with E-state index in [9.17, 15) is 33.9 Å². The van der Waals surface area contributed by atoms with Crippen molar-refractivity contribution in [2.24, 2.45) is 11.5 Å². The molecule has 14 heteroatoms. The van der Waals surface area contributed by atoms with E-state index in [-0.39, 0.29) is 31.4 Å². The van der Waals surface area contributed by atoms with Crippen molar-refractivity contribution in [2.75, 3.05) is 5.75 Å². The molecule has 0 spiro atoms. The van der Waals surface area contributed by atoms with Crippen LogP contribution in [0.3, 0.4) is 0 Å². The molecule has 9 N–H and O–H groups in total. The lowest BCUT2D eigenvalue weighted by molar-refractivity contribution is -0.142. The summed E-state index contributed by atoms with van der Waals surface area (Å²) in [7, 11) is 0. The third kappa shape index (κ3) is 11.2. The summed E-state index contributed by atoms with van der Waals surface area (Å²) < 4.78 is 0. The summed E-state index contributed by atoms with van der Waals surface area (Å²) >= 11 is 3.90. The largest absolute Gasteiger partial charge is 0.481 e. The second-order valence-corrected chi connectivity index (χ2v) is 8.30. The predicted molar refractivity (Wildman–Crippen MR) is 131 cm³/mol. The third-order valence-corrected chi connectivity index (χ3v) is 5.42. The number of aliphatic carboxylic acids is 2. The topological polar surface area (TPSA) is 231 Å². The Morgan fingerprint density at radius 3 is 1.78 bits per heavy atom. The lowest BCUT2D eigenvalue weighted by atomic mass is 10.0. The summed E-state index contributed by atoms with van der Waals surface area (Å²) in [5, 5.41) is 25.5. The number of rotatable bonds is 16. The summed E-state index contributed by atoms with van der Waals surface area (Å²) in [4.78, 5) is 71.9. The van der Waals surface area contributed by atoms with Gasteiger partial charge in [-0.05, 0) is 18.4 Å². The smallest absolute Gasteiger partial charge is 0.326 e. The molecule has 0 saturated carbocycles. The Morgan fingerprint density at radius 1 is 0.806 bits per heavy atom.